The molecule has 0 saturated heterocycles. The number of carbonyl (C=O) groups excluding carboxylic acids is 1. The van der Waals surface area contributed by atoms with Crippen LogP contribution in [0.5, 0.6) is 11.5 Å². The molecule has 1 aliphatic rings. The third-order valence-corrected chi connectivity index (χ3v) is 6.08. The van der Waals surface area contributed by atoms with Crippen LogP contribution in [0, 0.1) is 5.92 Å². The minimum absolute atomic E-state index is 0.167. The number of aromatic nitrogens is 4. The summed E-state index contributed by atoms with van der Waals surface area (Å²) in [5.74, 6) is 2.89. The second kappa shape index (κ2) is 10.6. The number of methoxy groups -OCH3 is 1. The monoisotopic (exact) mass is 464 g/mol. The lowest BCUT2D eigenvalue weighted by molar-refractivity contribution is 0.0928. The molecule has 0 spiro atoms. The van der Waals surface area contributed by atoms with Crippen LogP contribution in [-0.4, -0.2) is 55.9 Å². The van der Waals surface area contributed by atoms with Crippen molar-refractivity contribution in [1.29, 1.82) is 0 Å². The third kappa shape index (κ3) is 5.53. The zero-order valence-electron chi connectivity index (χ0n) is 19.9. The number of phenols is 1. The molecule has 0 fully saturated rings. The van der Waals surface area contributed by atoms with Crippen LogP contribution in [-0.2, 0) is 19.5 Å². The summed E-state index contributed by atoms with van der Waals surface area (Å²) in [6.07, 6.45) is 4.71. The van der Waals surface area contributed by atoms with Crippen LogP contribution in [0.2, 0.25) is 0 Å². The van der Waals surface area contributed by atoms with Crippen molar-refractivity contribution in [3.05, 3.63) is 65.5 Å². The van der Waals surface area contributed by atoms with E-state index >= 15 is 0 Å². The van der Waals surface area contributed by atoms with E-state index in [2.05, 4.69) is 43.8 Å². The van der Waals surface area contributed by atoms with Crippen molar-refractivity contribution in [1.82, 2.24) is 30.0 Å². The number of hydrogen-bond donors (Lipinski definition) is 2. The molecule has 3 aromatic rings. The van der Waals surface area contributed by atoms with Crippen molar-refractivity contribution in [2.45, 2.75) is 45.8 Å². The summed E-state index contributed by atoms with van der Waals surface area (Å²) in [7, 11) is 1.62. The number of amides is 1. The minimum Gasteiger partial charge on any atom is -0.508 e. The number of fused-ring (bicyclic) bond motifs is 1. The van der Waals surface area contributed by atoms with Crippen LogP contribution >= 0.6 is 0 Å². The quantitative estimate of drug-likeness (QED) is 0.528. The van der Waals surface area contributed by atoms with Crippen LogP contribution in [0.3, 0.4) is 0 Å². The molecule has 3 heterocycles. The van der Waals surface area contributed by atoms with Gasteiger partial charge in [0.15, 0.2) is 5.82 Å². The maximum Gasteiger partial charge on any atom is 0.253 e. The molecule has 1 atom stereocenters. The molecular weight excluding hydrogens is 432 g/mol. The predicted molar refractivity (Wildman–Crippen MR) is 128 cm³/mol. The lowest BCUT2D eigenvalue weighted by Crippen LogP contribution is -2.32. The van der Waals surface area contributed by atoms with Gasteiger partial charge < -0.3 is 19.7 Å². The largest absolute Gasteiger partial charge is 0.508 e. The van der Waals surface area contributed by atoms with Crippen LogP contribution in [0.4, 0.5) is 0 Å². The first kappa shape index (κ1) is 23.7. The number of ether oxygens (including phenoxy) is 1. The number of benzene rings is 1. The summed E-state index contributed by atoms with van der Waals surface area (Å²) in [5.41, 5.74) is 1.36. The fourth-order valence-corrected chi connectivity index (χ4v) is 4.30. The van der Waals surface area contributed by atoms with Gasteiger partial charge in [-0.2, -0.15) is 0 Å². The standard InChI is InChI=1S/C25H32N6O3/c1-17(2)13-21(27-25(33)18-5-4-9-26-15-18)24-29-28-23-8-10-30(11-12-31(23)24)16-19-14-20(34-3)6-7-22(19)32/h4-7,9,14-15,17,21,32H,8,10-13,16H2,1-3H3,(H,27,33)/t21-/m0/s1. The van der Waals surface area contributed by atoms with E-state index in [9.17, 15) is 9.90 Å². The maximum absolute atomic E-state index is 12.9. The number of aromatic hydroxyl groups is 1. The van der Waals surface area contributed by atoms with Gasteiger partial charge in [0.1, 0.15) is 17.3 Å². The molecule has 9 nitrogen and oxygen atoms in total. The van der Waals surface area contributed by atoms with Crippen LogP contribution in [0.1, 0.15) is 53.9 Å². The molecule has 0 radical (unpaired) electrons. The number of hydrogen-bond acceptors (Lipinski definition) is 7. The van der Waals surface area contributed by atoms with Gasteiger partial charge in [-0.1, -0.05) is 13.8 Å². The van der Waals surface area contributed by atoms with E-state index in [1.807, 2.05) is 6.07 Å². The van der Waals surface area contributed by atoms with Gasteiger partial charge in [0.25, 0.3) is 5.91 Å². The van der Waals surface area contributed by atoms with E-state index in [-0.39, 0.29) is 17.7 Å². The fraction of sp³-hybridized carbons (Fsp3) is 0.440. The molecule has 1 aromatic carbocycles. The first-order chi connectivity index (χ1) is 16.4. The Hall–Kier alpha value is -3.46. The van der Waals surface area contributed by atoms with Gasteiger partial charge in [0.2, 0.25) is 0 Å². The Morgan fingerprint density at radius 1 is 1.21 bits per heavy atom. The van der Waals surface area contributed by atoms with Crippen molar-refractivity contribution in [3.63, 3.8) is 0 Å². The normalized spacial score (nSPS) is 14.9. The average molecular weight is 465 g/mol. The highest BCUT2D eigenvalue weighted by atomic mass is 16.5. The Labute approximate surface area is 199 Å². The second-order valence-electron chi connectivity index (χ2n) is 9.04. The minimum atomic E-state index is -0.247. The van der Waals surface area contributed by atoms with E-state index < -0.39 is 0 Å². The molecule has 9 heteroatoms. The van der Waals surface area contributed by atoms with E-state index in [1.165, 1.54) is 0 Å². The summed E-state index contributed by atoms with van der Waals surface area (Å²) < 4.78 is 7.45. The maximum atomic E-state index is 12.9. The average Bonchev–Trinajstić information content (AvgIpc) is 3.14. The molecule has 0 saturated carbocycles. The van der Waals surface area contributed by atoms with E-state index in [4.69, 9.17) is 4.74 Å². The molecule has 0 bridgehead atoms. The summed E-state index contributed by atoms with van der Waals surface area (Å²) in [6.45, 7) is 7.16. The van der Waals surface area contributed by atoms with Crippen molar-refractivity contribution in [3.8, 4) is 11.5 Å². The second-order valence-corrected chi connectivity index (χ2v) is 9.04. The fourth-order valence-electron chi connectivity index (χ4n) is 4.30. The van der Waals surface area contributed by atoms with E-state index in [0.717, 1.165) is 48.9 Å². The Kier molecular flexibility index (Phi) is 7.42. The highest BCUT2D eigenvalue weighted by Crippen LogP contribution is 2.26. The summed E-state index contributed by atoms with van der Waals surface area (Å²) >= 11 is 0. The molecular formula is C25H32N6O3. The van der Waals surface area contributed by atoms with Crippen molar-refractivity contribution in [2.24, 2.45) is 5.92 Å². The number of carbonyl (C=O) groups is 1. The van der Waals surface area contributed by atoms with Gasteiger partial charge in [-0.3, -0.25) is 14.7 Å². The number of nitrogens with zero attached hydrogens (tertiary/aromatic N) is 5. The number of nitrogens with one attached hydrogen (secondary N) is 1. The number of rotatable bonds is 8. The van der Waals surface area contributed by atoms with Crippen LogP contribution in [0.15, 0.2) is 42.7 Å². The smallest absolute Gasteiger partial charge is 0.253 e. The number of pyridine rings is 1. The zero-order chi connectivity index (χ0) is 24.1. The van der Waals surface area contributed by atoms with Crippen molar-refractivity contribution < 1.29 is 14.6 Å². The highest BCUT2D eigenvalue weighted by Gasteiger charge is 2.26. The van der Waals surface area contributed by atoms with Crippen LogP contribution < -0.4 is 10.1 Å². The van der Waals surface area contributed by atoms with Crippen LogP contribution in [0.25, 0.3) is 0 Å². The Balaban J connectivity index is 1.50. The van der Waals surface area contributed by atoms with Gasteiger partial charge in [-0.15, -0.1) is 10.2 Å². The SMILES string of the molecule is COc1ccc(O)c(CN2CCc3nnc([C@H](CC(C)C)NC(=O)c4cccnc4)n3CC2)c1. The lowest BCUT2D eigenvalue weighted by Gasteiger charge is -2.22. The van der Waals surface area contributed by atoms with Crippen molar-refractivity contribution in [2.75, 3.05) is 20.2 Å². The highest BCUT2D eigenvalue weighted by molar-refractivity contribution is 5.94. The van der Waals surface area contributed by atoms with E-state index in [0.29, 0.717) is 24.6 Å². The first-order valence-corrected chi connectivity index (χ1v) is 11.7. The first-order valence-electron chi connectivity index (χ1n) is 11.7. The lowest BCUT2D eigenvalue weighted by atomic mass is 10.0. The Bertz CT molecular complexity index is 1120. The van der Waals surface area contributed by atoms with Gasteiger partial charge in [0, 0.05) is 50.6 Å². The molecule has 2 N–H and O–H groups in total. The topological polar surface area (TPSA) is 105 Å². The van der Waals surface area contributed by atoms with Gasteiger partial charge in [-0.25, -0.2) is 0 Å². The Morgan fingerprint density at radius 3 is 2.79 bits per heavy atom. The summed E-state index contributed by atoms with van der Waals surface area (Å²) in [4.78, 5) is 19.2. The molecule has 4 rings (SSSR count). The number of phenolic OH excluding ortho intramolecular Hbond substituents is 1. The Morgan fingerprint density at radius 2 is 2.06 bits per heavy atom. The predicted octanol–water partition coefficient (Wildman–Crippen LogP) is 2.96. The molecule has 180 valence electrons. The molecule has 2 aromatic heterocycles. The van der Waals surface area contributed by atoms with Crippen molar-refractivity contribution >= 4 is 5.91 Å². The third-order valence-electron chi connectivity index (χ3n) is 6.08. The molecule has 0 unspecified atom stereocenters. The van der Waals surface area contributed by atoms with Gasteiger partial charge in [0.05, 0.1) is 18.7 Å². The summed E-state index contributed by atoms with van der Waals surface area (Å²) in [6, 6.07) is 8.56. The summed E-state index contributed by atoms with van der Waals surface area (Å²) in [5, 5.41) is 22.4. The molecule has 0 aliphatic carbocycles. The molecule has 34 heavy (non-hydrogen) atoms. The molecule has 1 amide bonds. The van der Waals surface area contributed by atoms with Gasteiger partial charge in [-0.05, 0) is 42.7 Å². The van der Waals surface area contributed by atoms with E-state index in [1.54, 1.807) is 43.8 Å². The zero-order valence-corrected chi connectivity index (χ0v) is 19.9. The molecule has 1 aliphatic heterocycles. The van der Waals surface area contributed by atoms with Gasteiger partial charge >= 0.3 is 0 Å².